The Hall–Kier alpha value is -1.08. The van der Waals surface area contributed by atoms with Gasteiger partial charge in [-0.15, -0.1) is 0 Å². The van der Waals surface area contributed by atoms with Gasteiger partial charge in [0.25, 0.3) is 0 Å². The number of nitrogens with one attached hydrogen (secondary N) is 1. The predicted octanol–water partition coefficient (Wildman–Crippen LogP) is 1.22. The van der Waals surface area contributed by atoms with Crippen LogP contribution in [0.4, 0.5) is 0 Å². The smallest absolute Gasteiger partial charge is 0.237 e. The molecule has 1 aliphatic rings. The second-order valence-electron chi connectivity index (χ2n) is 3.92. The van der Waals surface area contributed by atoms with E-state index in [1.807, 2.05) is 6.07 Å². The summed E-state index contributed by atoms with van der Waals surface area (Å²) in [5.41, 5.74) is 0. The fourth-order valence-electron chi connectivity index (χ4n) is 1.67. The van der Waals surface area contributed by atoms with Gasteiger partial charge in [-0.3, -0.25) is 4.79 Å². The van der Waals surface area contributed by atoms with Gasteiger partial charge in [0.2, 0.25) is 5.91 Å². The number of carbonyl (C=O) groups is 1. The Labute approximate surface area is 90.6 Å². The molecule has 0 heterocycles. The van der Waals surface area contributed by atoms with Crippen molar-refractivity contribution in [3.05, 3.63) is 0 Å². The highest BCUT2D eigenvalue weighted by molar-refractivity contribution is 5.80. The fourth-order valence-corrected chi connectivity index (χ4v) is 1.67. The van der Waals surface area contributed by atoms with Crippen LogP contribution in [0.1, 0.15) is 32.6 Å². The quantitative estimate of drug-likeness (QED) is 0.694. The molecular formula is C11H18N2O2. The van der Waals surface area contributed by atoms with E-state index in [2.05, 4.69) is 5.32 Å². The summed E-state index contributed by atoms with van der Waals surface area (Å²) in [5.74, 6) is -0.788. The van der Waals surface area contributed by atoms with Crippen LogP contribution in [0, 0.1) is 17.2 Å². The van der Waals surface area contributed by atoms with E-state index in [1.165, 1.54) is 12.8 Å². The molecule has 0 bridgehead atoms. The molecule has 0 radical (unpaired) electrons. The van der Waals surface area contributed by atoms with Crippen molar-refractivity contribution in [2.24, 2.45) is 5.92 Å². The van der Waals surface area contributed by atoms with E-state index in [0.29, 0.717) is 19.3 Å². The van der Waals surface area contributed by atoms with Crippen molar-refractivity contribution < 1.29 is 9.53 Å². The normalized spacial score (nSPS) is 18.4. The van der Waals surface area contributed by atoms with E-state index < -0.39 is 5.92 Å². The van der Waals surface area contributed by atoms with Crippen LogP contribution in [0.3, 0.4) is 0 Å². The summed E-state index contributed by atoms with van der Waals surface area (Å²) in [5, 5.41) is 11.2. The molecule has 0 aromatic heterocycles. The summed E-state index contributed by atoms with van der Waals surface area (Å²) >= 11 is 0. The fraction of sp³-hybridized carbons (Fsp3) is 0.818. The Morgan fingerprint density at radius 1 is 1.60 bits per heavy atom. The van der Waals surface area contributed by atoms with Crippen molar-refractivity contribution >= 4 is 5.91 Å². The first-order chi connectivity index (χ1) is 7.24. The van der Waals surface area contributed by atoms with Crippen LogP contribution < -0.4 is 5.32 Å². The van der Waals surface area contributed by atoms with Gasteiger partial charge >= 0.3 is 0 Å². The Bertz CT molecular complexity index is 241. The molecule has 0 aliphatic heterocycles. The van der Waals surface area contributed by atoms with Gasteiger partial charge in [-0.05, 0) is 19.8 Å². The van der Waals surface area contributed by atoms with Crippen LogP contribution in [0.15, 0.2) is 0 Å². The third-order valence-corrected chi connectivity index (χ3v) is 2.64. The Kier molecular flexibility index (Phi) is 5.13. The minimum Gasteiger partial charge on any atom is -0.376 e. The van der Waals surface area contributed by atoms with Gasteiger partial charge in [0, 0.05) is 6.54 Å². The van der Waals surface area contributed by atoms with Crippen LogP contribution in [0.25, 0.3) is 0 Å². The van der Waals surface area contributed by atoms with E-state index in [-0.39, 0.29) is 5.91 Å². The monoisotopic (exact) mass is 210 g/mol. The first-order valence-corrected chi connectivity index (χ1v) is 5.53. The highest BCUT2D eigenvalue weighted by Crippen LogP contribution is 2.20. The molecule has 0 aromatic carbocycles. The summed E-state index contributed by atoms with van der Waals surface area (Å²) < 4.78 is 5.57. The molecule has 1 fully saturated rings. The Morgan fingerprint density at radius 2 is 2.27 bits per heavy atom. The lowest BCUT2D eigenvalue weighted by Crippen LogP contribution is -2.32. The number of ether oxygens (including phenoxy) is 1. The molecule has 1 N–H and O–H groups in total. The molecule has 1 saturated carbocycles. The van der Waals surface area contributed by atoms with Gasteiger partial charge in [-0.25, -0.2) is 0 Å². The summed E-state index contributed by atoms with van der Waals surface area (Å²) in [6, 6.07) is 1.89. The average Bonchev–Trinajstić information content (AvgIpc) is 2.75. The molecule has 84 valence electrons. The van der Waals surface area contributed by atoms with E-state index in [4.69, 9.17) is 10.00 Å². The largest absolute Gasteiger partial charge is 0.376 e. The molecule has 15 heavy (non-hydrogen) atoms. The van der Waals surface area contributed by atoms with Crippen molar-refractivity contribution in [3.63, 3.8) is 0 Å². The first kappa shape index (κ1) is 12.0. The maximum absolute atomic E-state index is 11.2. The molecule has 4 nitrogen and oxygen atoms in total. The van der Waals surface area contributed by atoms with Gasteiger partial charge in [-0.2, -0.15) is 5.26 Å². The van der Waals surface area contributed by atoms with Gasteiger partial charge in [0.05, 0.1) is 18.8 Å². The zero-order valence-corrected chi connectivity index (χ0v) is 9.16. The SMILES string of the molecule is CC(C#N)C(=O)NCCOC1CCCC1. The van der Waals surface area contributed by atoms with Gasteiger partial charge in [0.1, 0.15) is 5.92 Å². The third-order valence-electron chi connectivity index (χ3n) is 2.64. The van der Waals surface area contributed by atoms with E-state index in [9.17, 15) is 4.79 Å². The van der Waals surface area contributed by atoms with Crippen LogP contribution in [-0.4, -0.2) is 25.2 Å². The van der Waals surface area contributed by atoms with E-state index >= 15 is 0 Å². The van der Waals surface area contributed by atoms with Gasteiger partial charge < -0.3 is 10.1 Å². The van der Waals surface area contributed by atoms with Crippen molar-refractivity contribution in [3.8, 4) is 6.07 Å². The lowest BCUT2D eigenvalue weighted by atomic mass is 10.2. The molecule has 0 saturated heterocycles. The molecule has 0 aromatic rings. The Morgan fingerprint density at radius 3 is 2.87 bits per heavy atom. The highest BCUT2D eigenvalue weighted by atomic mass is 16.5. The van der Waals surface area contributed by atoms with Crippen molar-refractivity contribution in [1.82, 2.24) is 5.32 Å². The molecule has 1 unspecified atom stereocenters. The number of nitrogens with zero attached hydrogens (tertiary/aromatic N) is 1. The van der Waals surface area contributed by atoms with Crippen molar-refractivity contribution in [1.29, 1.82) is 5.26 Å². The number of amides is 1. The van der Waals surface area contributed by atoms with Gasteiger partial charge in [-0.1, -0.05) is 12.8 Å². The maximum atomic E-state index is 11.2. The standard InChI is InChI=1S/C11H18N2O2/c1-9(8-12)11(14)13-6-7-15-10-4-2-3-5-10/h9-10H,2-7H2,1H3,(H,13,14). The molecule has 1 rings (SSSR count). The molecule has 1 atom stereocenters. The van der Waals surface area contributed by atoms with Crippen LogP contribution in [-0.2, 0) is 9.53 Å². The van der Waals surface area contributed by atoms with Crippen LogP contribution >= 0.6 is 0 Å². The number of rotatable bonds is 5. The average molecular weight is 210 g/mol. The van der Waals surface area contributed by atoms with Crippen molar-refractivity contribution in [2.45, 2.75) is 38.7 Å². The maximum Gasteiger partial charge on any atom is 0.237 e. The van der Waals surface area contributed by atoms with Crippen LogP contribution in [0.2, 0.25) is 0 Å². The lowest BCUT2D eigenvalue weighted by Gasteiger charge is -2.11. The minimum atomic E-state index is -0.573. The van der Waals surface area contributed by atoms with Crippen molar-refractivity contribution in [2.75, 3.05) is 13.2 Å². The number of hydrogen-bond acceptors (Lipinski definition) is 3. The molecular weight excluding hydrogens is 192 g/mol. The van der Waals surface area contributed by atoms with E-state index in [1.54, 1.807) is 6.92 Å². The second-order valence-corrected chi connectivity index (χ2v) is 3.92. The van der Waals surface area contributed by atoms with E-state index in [0.717, 1.165) is 12.8 Å². The lowest BCUT2D eigenvalue weighted by molar-refractivity contribution is -0.123. The van der Waals surface area contributed by atoms with Gasteiger partial charge in [0.15, 0.2) is 0 Å². The molecule has 4 heteroatoms. The summed E-state index contributed by atoms with van der Waals surface area (Å²) in [7, 11) is 0. The summed E-state index contributed by atoms with van der Waals surface area (Å²) in [4.78, 5) is 11.2. The van der Waals surface area contributed by atoms with Crippen LogP contribution in [0.5, 0.6) is 0 Å². The predicted molar refractivity (Wildman–Crippen MR) is 56.0 cm³/mol. The molecule has 0 spiro atoms. The second kappa shape index (κ2) is 6.41. The Balaban J connectivity index is 2.01. The molecule has 1 amide bonds. The third kappa shape index (κ3) is 4.30. The highest BCUT2D eigenvalue weighted by Gasteiger charge is 2.15. The summed E-state index contributed by atoms with van der Waals surface area (Å²) in [6.07, 6.45) is 5.17. The number of nitriles is 1. The minimum absolute atomic E-state index is 0.215. The number of hydrogen-bond donors (Lipinski definition) is 1. The summed E-state index contributed by atoms with van der Waals surface area (Å²) in [6.45, 7) is 2.64. The zero-order valence-electron chi connectivity index (χ0n) is 9.16. The zero-order chi connectivity index (χ0) is 11.1. The molecule has 1 aliphatic carbocycles. The first-order valence-electron chi connectivity index (χ1n) is 5.53. The topological polar surface area (TPSA) is 62.1 Å². The number of carbonyl (C=O) groups excluding carboxylic acids is 1.